The molecule has 2 aliphatic rings. The van der Waals surface area contributed by atoms with E-state index in [1.54, 1.807) is 38.5 Å². The Bertz CT molecular complexity index is 1900. The quantitative estimate of drug-likeness (QED) is 0.166. The Balaban J connectivity index is 1.20. The molecule has 4 aromatic carbocycles. The zero-order valence-corrected chi connectivity index (χ0v) is 28.5. The number of sulfone groups is 1. The average molecular weight is 696 g/mol. The lowest BCUT2D eigenvalue weighted by Crippen LogP contribution is -2.10. The minimum absolute atomic E-state index is 0.0539. The van der Waals surface area contributed by atoms with Crippen LogP contribution in [0.25, 0.3) is 22.3 Å². The molecule has 9 heteroatoms. The zero-order valence-electron chi connectivity index (χ0n) is 26.1. The summed E-state index contributed by atoms with van der Waals surface area (Å²) >= 11 is 12.4. The Hall–Kier alpha value is -3.65. The number of halogens is 4. The van der Waals surface area contributed by atoms with Crippen LogP contribution in [0.2, 0.25) is 10.0 Å². The van der Waals surface area contributed by atoms with Crippen molar-refractivity contribution in [1.82, 2.24) is 0 Å². The van der Waals surface area contributed by atoms with Gasteiger partial charge in [-0.2, -0.15) is 0 Å². The van der Waals surface area contributed by atoms with Crippen LogP contribution in [0.5, 0.6) is 11.5 Å². The van der Waals surface area contributed by atoms with Gasteiger partial charge < -0.3 is 9.47 Å². The fraction of sp³-hybridized carbons (Fsp3) is 0.263. The highest BCUT2D eigenvalue weighted by Gasteiger charge is 2.24. The molecule has 0 saturated carbocycles. The molecule has 2 aliphatic carbocycles. The zero-order chi connectivity index (χ0) is 33.3. The van der Waals surface area contributed by atoms with E-state index in [0.29, 0.717) is 32.7 Å². The molecule has 0 amide bonds. The van der Waals surface area contributed by atoms with Crippen molar-refractivity contribution in [2.24, 2.45) is 0 Å². The molecule has 4 aromatic rings. The second kappa shape index (κ2) is 13.8. The van der Waals surface area contributed by atoms with E-state index in [2.05, 4.69) is 0 Å². The van der Waals surface area contributed by atoms with Crippen LogP contribution in [-0.4, -0.2) is 22.6 Å². The van der Waals surface area contributed by atoms with Gasteiger partial charge in [-0.1, -0.05) is 59.6 Å². The van der Waals surface area contributed by atoms with Crippen LogP contribution < -0.4 is 9.47 Å². The van der Waals surface area contributed by atoms with E-state index in [1.807, 2.05) is 24.3 Å². The van der Waals surface area contributed by atoms with E-state index >= 15 is 8.78 Å². The van der Waals surface area contributed by atoms with Crippen LogP contribution in [0.4, 0.5) is 8.78 Å². The lowest BCUT2D eigenvalue weighted by Gasteiger charge is -2.13. The number of benzene rings is 4. The fourth-order valence-electron chi connectivity index (χ4n) is 6.69. The Labute approximate surface area is 284 Å². The van der Waals surface area contributed by atoms with Crippen molar-refractivity contribution in [3.8, 4) is 11.5 Å². The van der Waals surface area contributed by atoms with Crippen LogP contribution in [0.3, 0.4) is 0 Å². The summed E-state index contributed by atoms with van der Waals surface area (Å²) in [7, 11) is -0.762. The predicted molar refractivity (Wildman–Crippen MR) is 186 cm³/mol. The summed E-state index contributed by atoms with van der Waals surface area (Å²) in [5, 5.41) is 1.03. The summed E-state index contributed by atoms with van der Waals surface area (Å²) in [4.78, 5) is 0. The van der Waals surface area contributed by atoms with E-state index in [0.717, 1.165) is 71.9 Å². The molecule has 244 valence electrons. The van der Waals surface area contributed by atoms with Crippen molar-refractivity contribution in [2.45, 2.75) is 50.0 Å². The molecule has 0 N–H and O–H groups in total. The molecule has 0 bridgehead atoms. The summed E-state index contributed by atoms with van der Waals surface area (Å²) in [6.45, 7) is 0. The predicted octanol–water partition coefficient (Wildman–Crippen LogP) is 10.6. The van der Waals surface area contributed by atoms with E-state index in [4.69, 9.17) is 32.7 Å². The van der Waals surface area contributed by atoms with Gasteiger partial charge in [0, 0.05) is 11.1 Å². The maximum atomic E-state index is 15.4. The second-order valence-electron chi connectivity index (χ2n) is 12.0. The molecule has 0 spiro atoms. The number of hydrogen-bond donors (Lipinski definition) is 0. The highest BCUT2D eigenvalue weighted by molar-refractivity contribution is 7.89. The van der Waals surface area contributed by atoms with Crippen molar-refractivity contribution in [3.05, 3.63) is 128 Å². The summed E-state index contributed by atoms with van der Waals surface area (Å²) in [6.07, 6.45) is 5.06. The minimum atomic E-state index is -3.88. The van der Waals surface area contributed by atoms with Gasteiger partial charge in [0.15, 0.2) is 9.84 Å². The molecule has 6 rings (SSSR count). The van der Waals surface area contributed by atoms with E-state index in [-0.39, 0.29) is 11.1 Å². The van der Waals surface area contributed by atoms with Gasteiger partial charge >= 0.3 is 0 Å². The van der Waals surface area contributed by atoms with Gasteiger partial charge in [-0.05, 0) is 119 Å². The molecule has 0 unspecified atom stereocenters. The van der Waals surface area contributed by atoms with Crippen LogP contribution in [0.1, 0.15) is 71.9 Å². The third-order valence-electron chi connectivity index (χ3n) is 8.99. The van der Waals surface area contributed by atoms with Crippen molar-refractivity contribution >= 4 is 55.3 Å². The largest absolute Gasteiger partial charge is 0.495 e. The van der Waals surface area contributed by atoms with Gasteiger partial charge in [-0.3, -0.25) is 0 Å². The standard InChI is InChI=1S/C38H34Cl2F2O4S/c1-45-37-19-25(13-15-33(37)39)31-7-3-5-29(31)23-9-11-27(35(41)17-23)21-47(43,44)22-28-12-10-24(18-36(28)42)30-6-4-8-32(30)26-14-16-34(40)38(20-26)46-2/h9-20H,3-8,21-22H2,1-2H3. The van der Waals surface area contributed by atoms with Gasteiger partial charge in [0.1, 0.15) is 23.1 Å². The number of rotatable bonds is 10. The topological polar surface area (TPSA) is 52.6 Å². The average Bonchev–Trinajstić information content (AvgIpc) is 3.74. The maximum absolute atomic E-state index is 15.4. The highest BCUT2D eigenvalue weighted by Crippen LogP contribution is 2.43. The first kappa shape index (κ1) is 33.3. The smallest absolute Gasteiger partial charge is 0.158 e. The van der Waals surface area contributed by atoms with Crippen LogP contribution in [0.15, 0.2) is 72.8 Å². The van der Waals surface area contributed by atoms with Crippen molar-refractivity contribution in [3.63, 3.8) is 0 Å². The lowest BCUT2D eigenvalue weighted by atomic mass is 9.96. The van der Waals surface area contributed by atoms with Crippen molar-refractivity contribution < 1.29 is 26.7 Å². The number of ether oxygens (including phenoxy) is 2. The maximum Gasteiger partial charge on any atom is 0.158 e. The molecule has 0 heterocycles. The Morgan fingerprint density at radius 3 is 1.26 bits per heavy atom. The fourth-order valence-corrected chi connectivity index (χ4v) is 8.59. The molecule has 47 heavy (non-hydrogen) atoms. The van der Waals surface area contributed by atoms with E-state index < -0.39 is 33.0 Å². The first-order chi connectivity index (χ1) is 22.6. The Morgan fingerprint density at radius 1 is 0.574 bits per heavy atom. The molecule has 4 nitrogen and oxygen atoms in total. The van der Waals surface area contributed by atoms with Crippen molar-refractivity contribution in [1.29, 1.82) is 0 Å². The van der Waals surface area contributed by atoms with E-state index in [9.17, 15) is 8.42 Å². The van der Waals surface area contributed by atoms with Crippen LogP contribution >= 0.6 is 23.2 Å². The molecule has 0 fully saturated rings. The van der Waals surface area contributed by atoms with Gasteiger partial charge in [0.2, 0.25) is 0 Å². The number of methoxy groups -OCH3 is 2. The molecule has 0 radical (unpaired) electrons. The van der Waals surface area contributed by atoms with Crippen LogP contribution in [0, 0.1) is 11.6 Å². The molecular formula is C38H34Cl2F2O4S. The van der Waals surface area contributed by atoms with Crippen LogP contribution in [-0.2, 0) is 21.3 Å². The minimum Gasteiger partial charge on any atom is -0.495 e. The Morgan fingerprint density at radius 2 is 0.915 bits per heavy atom. The Kier molecular flexibility index (Phi) is 9.79. The third-order valence-corrected chi connectivity index (χ3v) is 11.1. The van der Waals surface area contributed by atoms with Gasteiger partial charge in [-0.15, -0.1) is 0 Å². The normalized spacial score (nSPS) is 15.1. The highest BCUT2D eigenvalue weighted by atomic mass is 35.5. The lowest BCUT2D eigenvalue weighted by molar-refractivity contribution is 0.415. The molecule has 0 aliphatic heterocycles. The third kappa shape index (κ3) is 7.13. The summed E-state index contributed by atoms with van der Waals surface area (Å²) in [5.41, 5.74) is 7.67. The monoisotopic (exact) mass is 694 g/mol. The van der Waals surface area contributed by atoms with Gasteiger partial charge in [-0.25, -0.2) is 17.2 Å². The van der Waals surface area contributed by atoms with Crippen molar-refractivity contribution in [2.75, 3.05) is 14.2 Å². The molecule has 0 aromatic heterocycles. The molecule has 0 atom stereocenters. The SMILES string of the molecule is COc1cc(C2=C(c3ccc(CS(=O)(=O)Cc4ccc(C5=C(c6ccc(Cl)c(OC)c6)CCC5)cc4F)c(F)c3)CCC2)ccc1Cl. The molecular weight excluding hydrogens is 661 g/mol. The summed E-state index contributed by atoms with van der Waals surface area (Å²) in [6, 6.07) is 20.6. The number of hydrogen-bond acceptors (Lipinski definition) is 4. The summed E-state index contributed by atoms with van der Waals surface area (Å²) in [5.74, 6) is -1.13. The first-order valence-corrected chi connectivity index (χ1v) is 18.0. The van der Waals surface area contributed by atoms with Gasteiger partial charge in [0.05, 0.1) is 35.8 Å². The summed E-state index contributed by atoms with van der Waals surface area (Å²) < 4.78 is 68.0. The van der Waals surface area contributed by atoms with Gasteiger partial charge in [0.25, 0.3) is 0 Å². The first-order valence-electron chi connectivity index (χ1n) is 15.5. The number of allylic oxidation sites excluding steroid dienone is 4. The second-order valence-corrected chi connectivity index (χ2v) is 14.8. The molecule has 0 saturated heterocycles. The van der Waals surface area contributed by atoms with E-state index in [1.165, 1.54) is 24.3 Å².